The van der Waals surface area contributed by atoms with E-state index < -0.39 is 0 Å². The number of fused-ring (bicyclic) bond motifs is 2. The summed E-state index contributed by atoms with van der Waals surface area (Å²) in [6, 6.07) is 15.7. The number of nitrogens with zero attached hydrogens (tertiary/aromatic N) is 2. The van der Waals surface area contributed by atoms with Gasteiger partial charge in [0, 0.05) is 54.2 Å². The number of nitrogens with one attached hydrogen (secondary N) is 4. The summed E-state index contributed by atoms with van der Waals surface area (Å²) in [6.45, 7) is 1.40. The molecular formula is C23H22N6O. The summed E-state index contributed by atoms with van der Waals surface area (Å²) in [5, 5.41) is 18.6. The fourth-order valence-electron chi connectivity index (χ4n) is 3.64. The van der Waals surface area contributed by atoms with Gasteiger partial charge in [-0.05, 0) is 59.3 Å². The van der Waals surface area contributed by atoms with Gasteiger partial charge in [0.2, 0.25) is 5.95 Å². The smallest absolute Gasteiger partial charge is 0.224 e. The molecule has 0 radical (unpaired) electrons. The van der Waals surface area contributed by atoms with E-state index in [1.165, 1.54) is 16.5 Å². The predicted molar refractivity (Wildman–Crippen MR) is 120 cm³/mol. The summed E-state index contributed by atoms with van der Waals surface area (Å²) in [7, 11) is 0. The van der Waals surface area contributed by atoms with Gasteiger partial charge in [-0.25, -0.2) is 4.98 Å². The molecule has 0 saturated carbocycles. The highest BCUT2D eigenvalue weighted by Crippen LogP contribution is 2.23. The molecule has 5 aromatic rings. The third-order valence-corrected chi connectivity index (χ3v) is 5.18. The maximum atomic E-state index is 9.59. The van der Waals surface area contributed by atoms with Gasteiger partial charge in [0.15, 0.2) is 0 Å². The van der Waals surface area contributed by atoms with Gasteiger partial charge >= 0.3 is 0 Å². The first-order valence-corrected chi connectivity index (χ1v) is 9.90. The number of H-pyrrole nitrogens is 2. The van der Waals surface area contributed by atoms with Crippen molar-refractivity contribution in [1.29, 1.82) is 0 Å². The lowest BCUT2D eigenvalue weighted by molar-refractivity contribution is 0.476. The van der Waals surface area contributed by atoms with E-state index in [-0.39, 0.29) is 5.75 Å². The van der Waals surface area contributed by atoms with Crippen LogP contribution in [-0.2, 0) is 13.0 Å². The van der Waals surface area contributed by atoms with Crippen LogP contribution < -0.4 is 10.6 Å². The lowest BCUT2D eigenvalue weighted by atomic mass is 10.1. The minimum Gasteiger partial charge on any atom is -0.508 e. The number of aromatic hydroxyl groups is 1. The van der Waals surface area contributed by atoms with E-state index in [4.69, 9.17) is 0 Å². The van der Waals surface area contributed by atoms with Crippen LogP contribution in [0, 0.1) is 0 Å². The standard InChI is InChI=1S/C23H22N6O/c30-18-2-3-19-17(14-27-21(19)12-18)6-9-25-23-26-10-7-22(29-23)28-13-15-1-4-20-16(11-15)5-8-24-20/h1-5,7-8,10-12,14,24,27,30H,6,9,13H2,(H2,25,26,28,29). The molecule has 0 atom stereocenters. The monoisotopic (exact) mass is 398 g/mol. The van der Waals surface area contributed by atoms with E-state index in [0.29, 0.717) is 19.0 Å². The molecule has 0 aliphatic heterocycles. The normalized spacial score (nSPS) is 11.2. The number of rotatable bonds is 7. The molecule has 0 fully saturated rings. The van der Waals surface area contributed by atoms with Crippen molar-refractivity contribution in [2.24, 2.45) is 0 Å². The zero-order valence-corrected chi connectivity index (χ0v) is 16.3. The molecule has 3 heterocycles. The first-order chi connectivity index (χ1) is 14.7. The Kier molecular flexibility index (Phi) is 4.69. The van der Waals surface area contributed by atoms with Crippen molar-refractivity contribution in [1.82, 2.24) is 19.9 Å². The quantitative estimate of drug-likeness (QED) is 0.279. The molecule has 0 spiro atoms. The van der Waals surface area contributed by atoms with Crippen LogP contribution in [-0.4, -0.2) is 31.6 Å². The number of aromatic amines is 2. The van der Waals surface area contributed by atoms with Crippen molar-refractivity contribution in [3.63, 3.8) is 0 Å². The van der Waals surface area contributed by atoms with Crippen molar-refractivity contribution >= 4 is 33.6 Å². The molecule has 5 N–H and O–H groups in total. The Hall–Kier alpha value is -4.00. The molecule has 3 aromatic heterocycles. The minimum atomic E-state index is 0.264. The largest absolute Gasteiger partial charge is 0.508 e. The number of benzene rings is 2. The summed E-state index contributed by atoms with van der Waals surface area (Å²) in [5.74, 6) is 1.64. The van der Waals surface area contributed by atoms with Gasteiger partial charge in [-0.2, -0.15) is 4.98 Å². The summed E-state index contributed by atoms with van der Waals surface area (Å²) < 4.78 is 0. The lowest BCUT2D eigenvalue weighted by Gasteiger charge is -2.09. The second-order valence-corrected chi connectivity index (χ2v) is 7.24. The lowest BCUT2D eigenvalue weighted by Crippen LogP contribution is -2.09. The van der Waals surface area contributed by atoms with Crippen LogP contribution in [0.15, 0.2) is 67.1 Å². The summed E-state index contributed by atoms with van der Waals surface area (Å²) >= 11 is 0. The number of aromatic nitrogens is 4. The topological polar surface area (TPSA) is 102 Å². The summed E-state index contributed by atoms with van der Waals surface area (Å²) in [5.41, 5.74) is 4.46. The first kappa shape index (κ1) is 18.1. The van der Waals surface area contributed by atoms with E-state index >= 15 is 0 Å². The Bertz CT molecular complexity index is 1310. The number of anilines is 2. The van der Waals surface area contributed by atoms with Gasteiger partial charge in [0.1, 0.15) is 11.6 Å². The Labute approximate surface area is 173 Å². The molecule has 5 rings (SSSR count). The highest BCUT2D eigenvalue weighted by Gasteiger charge is 2.05. The Morgan fingerprint density at radius 2 is 1.90 bits per heavy atom. The van der Waals surface area contributed by atoms with E-state index in [0.717, 1.165) is 28.7 Å². The van der Waals surface area contributed by atoms with Crippen LogP contribution in [0.25, 0.3) is 21.8 Å². The van der Waals surface area contributed by atoms with Crippen LogP contribution in [0.2, 0.25) is 0 Å². The maximum absolute atomic E-state index is 9.59. The van der Waals surface area contributed by atoms with Gasteiger partial charge < -0.3 is 25.7 Å². The third kappa shape index (κ3) is 3.77. The molecular weight excluding hydrogens is 376 g/mol. The number of phenols is 1. The van der Waals surface area contributed by atoms with Crippen LogP contribution in [0.4, 0.5) is 11.8 Å². The van der Waals surface area contributed by atoms with Gasteiger partial charge in [0.05, 0.1) is 0 Å². The second kappa shape index (κ2) is 7.79. The van der Waals surface area contributed by atoms with Gasteiger partial charge in [-0.3, -0.25) is 0 Å². The SMILES string of the molecule is Oc1ccc2c(CCNc3nccc(NCc4ccc5[nH]ccc5c4)n3)c[nH]c2c1. The summed E-state index contributed by atoms with van der Waals surface area (Å²) in [6.07, 6.45) is 6.50. The molecule has 150 valence electrons. The maximum Gasteiger partial charge on any atom is 0.224 e. The number of hydrogen-bond donors (Lipinski definition) is 5. The van der Waals surface area contributed by atoms with Gasteiger partial charge in [-0.1, -0.05) is 6.07 Å². The zero-order valence-electron chi connectivity index (χ0n) is 16.3. The first-order valence-electron chi connectivity index (χ1n) is 9.90. The molecule has 30 heavy (non-hydrogen) atoms. The second-order valence-electron chi connectivity index (χ2n) is 7.24. The van der Waals surface area contributed by atoms with Crippen LogP contribution in [0.5, 0.6) is 5.75 Å². The fraction of sp³-hybridized carbons (Fsp3) is 0.130. The van der Waals surface area contributed by atoms with Gasteiger partial charge in [0.25, 0.3) is 0 Å². The highest BCUT2D eigenvalue weighted by atomic mass is 16.3. The van der Waals surface area contributed by atoms with Crippen LogP contribution >= 0.6 is 0 Å². The van der Waals surface area contributed by atoms with Crippen LogP contribution in [0.3, 0.4) is 0 Å². The molecule has 0 bridgehead atoms. The fourth-order valence-corrected chi connectivity index (χ4v) is 3.64. The molecule has 2 aromatic carbocycles. The van der Waals surface area contributed by atoms with Crippen molar-refractivity contribution in [2.75, 3.05) is 17.2 Å². The molecule has 0 unspecified atom stereocenters. The minimum absolute atomic E-state index is 0.264. The molecule has 0 aliphatic carbocycles. The van der Waals surface area contributed by atoms with E-state index in [1.54, 1.807) is 18.3 Å². The van der Waals surface area contributed by atoms with Crippen molar-refractivity contribution in [3.05, 3.63) is 78.2 Å². The average Bonchev–Trinajstić information content (AvgIpc) is 3.39. The zero-order chi connectivity index (χ0) is 20.3. The van der Waals surface area contributed by atoms with Crippen LogP contribution in [0.1, 0.15) is 11.1 Å². The molecule has 0 amide bonds. The Morgan fingerprint density at radius 3 is 2.87 bits per heavy atom. The molecule has 7 nitrogen and oxygen atoms in total. The third-order valence-electron chi connectivity index (χ3n) is 5.18. The van der Waals surface area contributed by atoms with E-state index in [1.807, 2.05) is 24.5 Å². The van der Waals surface area contributed by atoms with E-state index in [9.17, 15) is 5.11 Å². The molecule has 7 heteroatoms. The summed E-state index contributed by atoms with van der Waals surface area (Å²) in [4.78, 5) is 15.3. The Morgan fingerprint density at radius 1 is 0.933 bits per heavy atom. The molecule has 0 aliphatic rings. The van der Waals surface area contributed by atoms with Crippen molar-refractivity contribution < 1.29 is 5.11 Å². The van der Waals surface area contributed by atoms with Crippen molar-refractivity contribution in [2.45, 2.75) is 13.0 Å². The highest BCUT2D eigenvalue weighted by molar-refractivity contribution is 5.84. The number of phenolic OH excluding ortho intramolecular Hbond substituents is 1. The average molecular weight is 398 g/mol. The molecule has 0 saturated heterocycles. The predicted octanol–water partition coefficient (Wildman–Crippen LogP) is 4.41. The van der Waals surface area contributed by atoms with E-state index in [2.05, 4.69) is 54.8 Å². The van der Waals surface area contributed by atoms with Crippen molar-refractivity contribution in [3.8, 4) is 5.75 Å². The Balaban J connectivity index is 1.19. The van der Waals surface area contributed by atoms with Gasteiger partial charge in [-0.15, -0.1) is 0 Å². The number of hydrogen-bond acceptors (Lipinski definition) is 5.